The van der Waals surface area contributed by atoms with E-state index in [1.165, 1.54) is 19.2 Å². The smallest absolute Gasteiger partial charge is 0.335 e. The van der Waals surface area contributed by atoms with Crippen molar-refractivity contribution in [3.05, 3.63) is 59.3 Å². The summed E-state index contributed by atoms with van der Waals surface area (Å²) in [5, 5.41) is 12.1. The summed E-state index contributed by atoms with van der Waals surface area (Å²) in [6, 6.07) is 10.3. The molecule has 0 aliphatic heterocycles. The van der Waals surface area contributed by atoms with Gasteiger partial charge in [0, 0.05) is 23.5 Å². The molecule has 0 unspecified atom stereocenters. The molecule has 25 heavy (non-hydrogen) atoms. The SMILES string of the molecule is CNC(=O)c1cc2c(-c3ccc(C(=O)O)cc3C(F)F)cccc2[nH]1. The van der Waals surface area contributed by atoms with Crippen LogP contribution in [0.1, 0.15) is 32.8 Å². The normalized spacial score (nSPS) is 11.0. The third-order valence-corrected chi connectivity index (χ3v) is 3.96. The number of aromatic carboxylic acids is 1. The van der Waals surface area contributed by atoms with Crippen molar-refractivity contribution in [1.82, 2.24) is 10.3 Å². The van der Waals surface area contributed by atoms with Crippen molar-refractivity contribution in [2.45, 2.75) is 6.43 Å². The van der Waals surface area contributed by atoms with Gasteiger partial charge in [0.1, 0.15) is 5.69 Å². The number of aromatic amines is 1. The van der Waals surface area contributed by atoms with E-state index in [0.717, 1.165) is 6.07 Å². The molecule has 5 nitrogen and oxygen atoms in total. The van der Waals surface area contributed by atoms with Crippen molar-refractivity contribution in [2.24, 2.45) is 0 Å². The summed E-state index contributed by atoms with van der Waals surface area (Å²) in [7, 11) is 1.49. The molecule has 2 aromatic carbocycles. The fourth-order valence-electron chi connectivity index (χ4n) is 2.77. The number of carbonyl (C=O) groups excluding carboxylic acids is 1. The Morgan fingerprint density at radius 2 is 1.88 bits per heavy atom. The van der Waals surface area contributed by atoms with Gasteiger partial charge < -0.3 is 15.4 Å². The summed E-state index contributed by atoms with van der Waals surface area (Å²) < 4.78 is 27.0. The zero-order valence-corrected chi connectivity index (χ0v) is 13.1. The number of H-pyrrole nitrogens is 1. The van der Waals surface area contributed by atoms with Crippen molar-refractivity contribution in [3.63, 3.8) is 0 Å². The van der Waals surface area contributed by atoms with Crippen LogP contribution in [-0.4, -0.2) is 29.0 Å². The summed E-state index contributed by atoms with van der Waals surface area (Å²) in [6.07, 6.45) is -2.83. The molecular formula is C18H14F2N2O3. The number of alkyl halides is 2. The first kappa shape index (κ1) is 16.6. The second-order valence-corrected chi connectivity index (χ2v) is 5.44. The molecule has 0 atom stereocenters. The number of aromatic nitrogens is 1. The lowest BCUT2D eigenvalue weighted by Gasteiger charge is -2.11. The molecule has 0 aliphatic rings. The first-order chi connectivity index (χ1) is 11.9. The zero-order valence-electron chi connectivity index (χ0n) is 13.1. The van der Waals surface area contributed by atoms with E-state index >= 15 is 0 Å². The first-order valence-corrected chi connectivity index (χ1v) is 7.42. The van der Waals surface area contributed by atoms with Crippen LogP contribution < -0.4 is 5.32 Å². The van der Waals surface area contributed by atoms with Crippen molar-refractivity contribution >= 4 is 22.8 Å². The van der Waals surface area contributed by atoms with Crippen LogP contribution in [0.15, 0.2) is 42.5 Å². The molecule has 0 radical (unpaired) electrons. The zero-order chi connectivity index (χ0) is 18.1. The summed E-state index contributed by atoms with van der Waals surface area (Å²) in [5.41, 5.74) is 1.09. The molecule has 7 heteroatoms. The summed E-state index contributed by atoms with van der Waals surface area (Å²) in [5.74, 6) is -1.59. The van der Waals surface area contributed by atoms with E-state index in [0.29, 0.717) is 22.2 Å². The van der Waals surface area contributed by atoms with Crippen LogP contribution in [0.2, 0.25) is 0 Å². The van der Waals surface area contributed by atoms with Gasteiger partial charge in [0.05, 0.1) is 5.56 Å². The molecule has 3 rings (SSSR count). The van der Waals surface area contributed by atoms with Gasteiger partial charge in [0.15, 0.2) is 0 Å². The van der Waals surface area contributed by atoms with E-state index in [1.807, 2.05) is 0 Å². The second-order valence-electron chi connectivity index (χ2n) is 5.44. The third kappa shape index (κ3) is 2.96. The Morgan fingerprint density at radius 1 is 1.12 bits per heavy atom. The summed E-state index contributed by atoms with van der Waals surface area (Å²) >= 11 is 0. The highest BCUT2D eigenvalue weighted by Gasteiger charge is 2.19. The highest BCUT2D eigenvalue weighted by Crippen LogP contribution is 2.36. The molecule has 0 bridgehead atoms. The van der Waals surface area contributed by atoms with Crippen molar-refractivity contribution in [1.29, 1.82) is 0 Å². The summed E-state index contributed by atoms with van der Waals surface area (Å²) in [4.78, 5) is 25.8. The van der Waals surface area contributed by atoms with Crippen LogP contribution >= 0.6 is 0 Å². The number of rotatable bonds is 4. The van der Waals surface area contributed by atoms with E-state index in [4.69, 9.17) is 5.11 Å². The van der Waals surface area contributed by atoms with Crippen LogP contribution in [0.4, 0.5) is 8.78 Å². The molecule has 3 aromatic rings. The highest BCUT2D eigenvalue weighted by atomic mass is 19.3. The van der Waals surface area contributed by atoms with Crippen LogP contribution in [0.3, 0.4) is 0 Å². The lowest BCUT2D eigenvalue weighted by atomic mass is 9.95. The van der Waals surface area contributed by atoms with Gasteiger partial charge in [0.25, 0.3) is 12.3 Å². The standard InChI is InChI=1S/C18H14F2N2O3/c1-21-17(23)15-8-12-10(3-2-4-14(12)22-15)11-6-5-9(18(24)25)7-13(11)16(19)20/h2-8,16,22H,1H3,(H,21,23)(H,24,25). The monoisotopic (exact) mass is 344 g/mol. The van der Waals surface area contributed by atoms with Crippen LogP contribution in [-0.2, 0) is 0 Å². The lowest BCUT2D eigenvalue weighted by molar-refractivity contribution is 0.0696. The number of carboxylic acids is 1. The minimum atomic E-state index is -2.83. The third-order valence-electron chi connectivity index (χ3n) is 3.96. The quantitative estimate of drug-likeness (QED) is 0.673. The predicted molar refractivity (Wildman–Crippen MR) is 89.0 cm³/mol. The van der Waals surface area contributed by atoms with Gasteiger partial charge in [-0.1, -0.05) is 18.2 Å². The van der Waals surface area contributed by atoms with Gasteiger partial charge in [-0.05, 0) is 35.4 Å². The molecule has 0 fully saturated rings. The Kier molecular flexibility index (Phi) is 4.22. The average molecular weight is 344 g/mol. The first-order valence-electron chi connectivity index (χ1n) is 7.42. The number of nitrogens with one attached hydrogen (secondary N) is 2. The summed E-state index contributed by atoms with van der Waals surface area (Å²) in [6.45, 7) is 0. The maximum atomic E-state index is 13.5. The Morgan fingerprint density at radius 3 is 2.52 bits per heavy atom. The number of hydrogen-bond donors (Lipinski definition) is 3. The van der Waals surface area contributed by atoms with E-state index in [-0.39, 0.29) is 22.6 Å². The fraction of sp³-hybridized carbons (Fsp3) is 0.111. The maximum Gasteiger partial charge on any atom is 0.335 e. The molecule has 1 heterocycles. The van der Waals surface area contributed by atoms with Crippen LogP contribution in [0.25, 0.3) is 22.0 Å². The van der Waals surface area contributed by atoms with Gasteiger partial charge in [0.2, 0.25) is 0 Å². The Balaban J connectivity index is 2.24. The number of carbonyl (C=O) groups is 2. The van der Waals surface area contributed by atoms with Gasteiger partial charge >= 0.3 is 5.97 Å². The molecule has 0 saturated heterocycles. The minimum Gasteiger partial charge on any atom is -0.478 e. The van der Waals surface area contributed by atoms with E-state index in [9.17, 15) is 18.4 Å². The number of amides is 1. The Labute approximate surface area is 141 Å². The number of carboxylic acid groups (broad SMARTS) is 1. The van der Waals surface area contributed by atoms with E-state index < -0.39 is 12.4 Å². The minimum absolute atomic E-state index is 0.202. The van der Waals surface area contributed by atoms with Gasteiger partial charge in [-0.25, -0.2) is 13.6 Å². The number of fused-ring (bicyclic) bond motifs is 1. The fourth-order valence-corrected chi connectivity index (χ4v) is 2.77. The van der Waals surface area contributed by atoms with Crippen molar-refractivity contribution in [2.75, 3.05) is 7.05 Å². The number of halogens is 2. The predicted octanol–water partition coefficient (Wildman–Crippen LogP) is 3.83. The van der Waals surface area contributed by atoms with E-state index in [2.05, 4.69) is 10.3 Å². The molecule has 128 valence electrons. The number of hydrogen-bond acceptors (Lipinski definition) is 2. The van der Waals surface area contributed by atoms with Gasteiger partial charge in [-0.3, -0.25) is 4.79 Å². The Bertz CT molecular complexity index is 980. The lowest BCUT2D eigenvalue weighted by Crippen LogP contribution is -2.17. The van der Waals surface area contributed by atoms with E-state index in [1.54, 1.807) is 24.3 Å². The molecule has 1 aromatic heterocycles. The number of benzene rings is 2. The molecule has 0 saturated carbocycles. The maximum absolute atomic E-state index is 13.5. The Hall–Kier alpha value is -3.22. The van der Waals surface area contributed by atoms with Crippen LogP contribution in [0, 0.1) is 0 Å². The molecule has 0 spiro atoms. The topological polar surface area (TPSA) is 82.2 Å². The van der Waals surface area contributed by atoms with Crippen molar-refractivity contribution < 1.29 is 23.5 Å². The molecule has 3 N–H and O–H groups in total. The molecule has 1 amide bonds. The highest BCUT2D eigenvalue weighted by molar-refractivity contribution is 6.03. The second kappa shape index (κ2) is 6.35. The largest absolute Gasteiger partial charge is 0.478 e. The van der Waals surface area contributed by atoms with Gasteiger partial charge in [-0.15, -0.1) is 0 Å². The molecule has 0 aliphatic carbocycles. The van der Waals surface area contributed by atoms with Crippen LogP contribution in [0.5, 0.6) is 0 Å². The molecular weight excluding hydrogens is 330 g/mol. The average Bonchev–Trinajstić information content (AvgIpc) is 3.04. The van der Waals surface area contributed by atoms with Crippen molar-refractivity contribution in [3.8, 4) is 11.1 Å². The van der Waals surface area contributed by atoms with Gasteiger partial charge in [-0.2, -0.15) is 0 Å².